The lowest BCUT2D eigenvalue weighted by molar-refractivity contribution is 0.102. The minimum absolute atomic E-state index is 0.233. The van der Waals surface area contributed by atoms with E-state index in [1.54, 1.807) is 11.6 Å². The van der Waals surface area contributed by atoms with Crippen LogP contribution in [0.4, 0.5) is 5.13 Å². The molecule has 0 aliphatic carbocycles. The van der Waals surface area contributed by atoms with Crippen LogP contribution in [0.25, 0.3) is 0 Å². The van der Waals surface area contributed by atoms with Gasteiger partial charge in [0, 0.05) is 11.6 Å². The fraction of sp³-hybridized carbons (Fsp3) is 0.250. The Balaban J connectivity index is 2.06. The van der Waals surface area contributed by atoms with Gasteiger partial charge in [0.05, 0.1) is 0 Å². The van der Waals surface area contributed by atoms with Gasteiger partial charge in [-0.05, 0) is 6.42 Å². The summed E-state index contributed by atoms with van der Waals surface area (Å²) >= 11 is 2.68. The molecule has 2 aromatic heterocycles. The van der Waals surface area contributed by atoms with Crippen LogP contribution in [-0.4, -0.2) is 21.1 Å². The number of carbonyl (C=O) groups excluding carboxylic acids is 1. The SMILES string of the molecule is CCc1nnc(NC(=O)c2nccs2)s1. The van der Waals surface area contributed by atoms with Crippen molar-refractivity contribution >= 4 is 33.7 Å². The molecule has 0 radical (unpaired) electrons. The lowest BCUT2D eigenvalue weighted by atomic mass is 10.5. The molecule has 15 heavy (non-hydrogen) atoms. The molecule has 2 aromatic rings. The summed E-state index contributed by atoms with van der Waals surface area (Å²) in [5.74, 6) is -0.233. The predicted molar refractivity (Wildman–Crippen MR) is 59.4 cm³/mol. The highest BCUT2D eigenvalue weighted by atomic mass is 32.1. The van der Waals surface area contributed by atoms with Gasteiger partial charge < -0.3 is 0 Å². The van der Waals surface area contributed by atoms with Crippen molar-refractivity contribution in [3.63, 3.8) is 0 Å². The number of carbonyl (C=O) groups is 1. The van der Waals surface area contributed by atoms with Crippen molar-refractivity contribution in [1.29, 1.82) is 0 Å². The van der Waals surface area contributed by atoms with E-state index >= 15 is 0 Å². The lowest BCUT2D eigenvalue weighted by Gasteiger charge is -1.94. The molecule has 0 fully saturated rings. The number of thiazole rings is 1. The summed E-state index contributed by atoms with van der Waals surface area (Å²) in [6, 6.07) is 0. The standard InChI is InChI=1S/C8H8N4OS2/c1-2-5-11-12-8(15-5)10-6(13)7-9-3-4-14-7/h3-4H,2H2,1H3,(H,10,12,13). The monoisotopic (exact) mass is 240 g/mol. The van der Waals surface area contributed by atoms with Crippen molar-refractivity contribution in [3.8, 4) is 0 Å². The Kier molecular flexibility index (Phi) is 3.02. The van der Waals surface area contributed by atoms with E-state index in [1.165, 1.54) is 22.7 Å². The van der Waals surface area contributed by atoms with Crippen molar-refractivity contribution in [2.24, 2.45) is 0 Å². The third-order valence-electron chi connectivity index (χ3n) is 1.62. The molecule has 0 saturated carbocycles. The summed E-state index contributed by atoms with van der Waals surface area (Å²) in [5, 5.41) is 14.0. The van der Waals surface area contributed by atoms with E-state index in [2.05, 4.69) is 20.5 Å². The molecule has 1 amide bonds. The number of amides is 1. The summed E-state index contributed by atoms with van der Waals surface area (Å²) in [6.45, 7) is 1.99. The molecule has 0 atom stereocenters. The minimum atomic E-state index is -0.233. The summed E-state index contributed by atoms with van der Waals surface area (Å²) in [6.07, 6.45) is 2.42. The van der Waals surface area contributed by atoms with Gasteiger partial charge in [0.15, 0.2) is 5.01 Å². The van der Waals surface area contributed by atoms with E-state index in [0.717, 1.165) is 11.4 Å². The fourth-order valence-electron chi connectivity index (χ4n) is 0.933. The Hall–Kier alpha value is -1.34. The quantitative estimate of drug-likeness (QED) is 0.888. The molecule has 2 rings (SSSR count). The first-order valence-corrected chi connectivity index (χ1v) is 6.02. The second kappa shape index (κ2) is 4.45. The molecule has 0 aromatic carbocycles. The van der Waals surface area contributed by atoms with Gasteiger partial charge in [0.1, 0.15) is 5.01 Å². The zero-order valence-corrected chi connectivity index (χ0v) is 9.56. The molecule has 78 valence electrons. The molecule has 0 bridgehead atoms. The van der Waals surface area contributed by atoms with Gasteiger partial charge in [-0.2, -0.15) is 0 Å². The molecule has 0 aliphatic heterocycles. The topological polar surface area (TPSA) is 67.8 Å². The van der Waals surface area contributed by atoms with Crippen molar-refractivity contribution in [2.75, 3.05) is 5.32 Å². The average molecular weight is 240 g/mol. The highest BCUT2D eigenvalue weighted by Gasteiger charge is 2.11. The first-order valence-electron chi connectivity index (χ1n) is 4.33. The molecule has 5 nitrogen and oxygen atoms in total. The minimum Gasteiger partial charge on any atom is -0.294 e. The third kappa shape index (κ3) is 2.37. The van der Waals surface area contributed by atoms with Crippen LogP contribution in [0.5, 0.6) is 0 Å². The fourth-order valence-corrected chi connectivity index (χ4v) is 2.14. The smallest absolute Gasteiger partial charge is 0.286 e. The maximum absolute atomic E-state index is 11.5. The molecule has 0 unspecified atom stereocenters. The molecule has 0 spiro atoms. The van der Waals surface area contributed by atoms with Crippen LogP contribution >= 0.6 is 22.7 Å². The van der Waals surface area contributed by atoms with Crippen LogP contribution in [0.1, 0.15) is 21.7 Å². The third-order valence-corrected chi connectivity index (χ3v) is 3.37. The van der Waals surface area contributed by atoms with Crippen molar-refractivity contribution in [2.45, 2.75) is 13.3 Å². The van der Waals surface area contributed by atoms with Crippen LogP contribution in [-0.2, 0) is 6.42 Å². The van der Waals surface area contributed by atoms with E-state index in [4.69, 9.17) is 0 Å². The Bertz CT molecular complexity index is 451. The van der Waals surface area contributed by atoms with Crippen LogP contribution < -0.4 is 5.32 Å². The number of nitrogens with zero attached hydrogens (tertiary/aromatic N) is 3. The average Bonchev–Trinajstić information content (AvgIpc) is 2.87. The van der Waals surface area contributed by atoms with Gasteiger partial charge in [0.25, 0.3) is 5.91 Å². The largest absolute Gasteiger partial charge is 0.294 e. The van der Waals surface area contributed by atoms with E-state index < -0.39 is 0 Å². The van der Waals surface area contributed by atoms with Crippen molar-refractivity contribution in [1.82, 2.24) is 15.2 Å². The molecular formula is C8H8N4OS2. The Morgan fingerprint density at radius 1 is 1.53 bits per heavy atom. The highest BCUT2D eigenvalue weighted by Crippen LogP contribution is 2.16. The first kappa shape index (κ1) is 10.2. The van der Waals surface area contributed by atoms with Gasteiger partial charge in [-0.15, -0.1) is 21.5 Å². The van der Waals surface area contributed by atoms with Crippen LogP contribution in [0, 0.1) is 0 Å². The number of nitrogens with one attached hydrogen (secondary N) is 1. The normalized spacial score (nSPS) is 10.2. The van der Waals surface area contributed by atoms with Gasteiger partial charge in [-0.25, -0.2) is 4.98 Å². The van der Waals surface area contributed by atoms with Crippen LogP contribution in [0.3, 0.4) is 0 Å². The van der Waals surface area contributed by atoms with Crippen molar-refractivity contribution < 1.29 is 4.79 Å². The maximum atomic E-state index is 11.5. The second-order valence-corrected chi connectivity index (χ2v) is 4.60. The Morgan fingerprint density at radius 3 is 3.00 bits per heavy atom. The summed E-state index contributed by atoms with van der Waals surface area (Å²) in [5.41, 5.74) is 0. The number of rotatable bonds is 3. The molecule has 0 saturated heterocycles. The number of aromatic nitrogens is 3. The molecule has 0 aliphatic rings. The Labute approximate surface area is 94.2 Å². The van der Waals surface area contributed by atoms with E-state index in [9.17, 15) is 4.79 Å². The predicted octanol–water partition coefficient (Wildman–Crippen LogP) is 1.81. The van der Waals surface area contributed by atoms with E-state index in [-0.39, 0.29) is 5.91 Å². The van der Waals surface area contributed by atoms with Crippen molar-refractivity contribution in [3.05, 3.63) is 21.6 Å². The van der Waals surface area contributed by atoms with Gasteiger partial charge in [0.2, 0.25) is 5.13 Å². The maximum Gasteiger partial charge on any atom is 0.286 e. The molecule has 2 heterocycles. The second-order valence-electron chi connectivity index (χ2n) is 2.65. The Morgan fingerprint density at radius 2 is 2.40 bits per heavy atom. The lowest BCUT2D eigenvalue weighted by Crippen LogP contribution is -2.10. The molecule has 1 N–H and O–H groups in total. The number of aryl methyl sites for hydroxylation is 1. The number of hydrogen-bond acceptors (Lipinski definition) is 6. The van der Waals surface area contributed by atoms with Crippen LogP contribution in [0.2, 0.25) is 0 Å². The summed E-state index contributed by atoms with van der Waals surface area (Å²) in [4.78, 5) is 15.5. The highest BCUT2D eigenvalue weighted by molar-refractivity contribution is 7.15. The zero-order chi connectivity index (χ0) is 10.7. The molecule has 7 heteroatoms. The van der Waals surface area contributed by atoms with Gasteiger partial charge in [-0.3, -0.25) is 10.1 Å². The zero-order valence-electron chi connectivity index (χ0n) is 7.93. The van der Waals surface area contributed by atoms with E-state index in [1.807, 2.05) is 6.92 Å². The van der Waals surface area contributed by atoms with E-state index in [0.29, 0.717) is 10.1 Å². The van der Waals surface area contributed by atoms with Gasteiger partial charge in [-0.1, -0.05) is 18.3 Å². The number of hydrogen-bond donors (Lipinski definition) is 1. The van der Waals surface area contributed by atoms with Crippen LogP contribution in [0.15, 0.2) is 11.6 Å². The summed E-state index contributed by atoms with van der Waals surface area (Å²) < 4.78 is 0. The van der Waals surface area contributed by atoms with Gasteiger partial charge >= 0.3 is 0 Å². The molecular weight excluding hydrogens is 232 g/mol. The first-order chi connectivity index (χ1) is 7.29. The number of anilines is 1. The summed E-state index contributed by atoms with van der Waals surface area (Å²) in [7, 11) is 0.